The number of carbonyl (C=O) groups excluding carboxylic acids is 1. The van der Waals surface area contributed by atoms with Crippen LogP contribution in [0.4, 0.5) is 4.79 Å². The van der Waals surface area contributed by atoms with Crippen LogP contribution in [0.2, 0.25) is 0 Å². The Morgan fingerprint density at radius 2 is 2.10 bits per heavy atom. The fourth-order valence-corrected chi connectivity index (χ4v) is 2.44. The Hall–Kier alpha value is -1.55. The molecule has 2 rings (SSSR count). The summed E-state index contributed by atoms with van der Waals surface area (Å²) >= 11 is 0. The summed E-state index contributed by atoms with van der Waals surface area (Å²) in [7, 11) is 0. The average Bonchev–Trinajstić information content (AvgIpc) is 2.98. The van der Waals surface area contributed by atoms with Crippen LogP contribution in [0, 0.1) is 0 Å². The molecule has 20 heavy (non-hydrogen) atoms. The molecule has 3 unspecified atom stereocenters. The minimum absolute atomic E-state index is 0.0851. The summed E-state index contributed by atoms with van der Waals surface area (Å²) in [5.41, 5.74) is 1.24. The lowest BCUT2D eigenvalue weighted by Crippen LogP contribution is -2.45. The molecule has 2 amide bonds. The van der Waals surface area contributed by atoms with E-state index in [-0.39, 0.29) is 24.1 Å². The molecule has 1 aliphatic heterocycles. The first kappa shape index (κ1) is 14.9. The van der Waals surface area contributed by atoms with Gasteiger partial charge >= 0.3 is 6.03 Å². The highest BCUT2D eigenvalue weighted by atomic mass is 16.5. The smallest absolute Gasteiger partial charge is 0.315 e. The molecule has 1 aromatic rings. The molecule has 1 saturated heterocycles. The molecule has 1 heterocycles. The van der Waals surface area contributed by atoms with Gasteiger partial charge in [0.1, 0.15) is 0 Å². The molecule has 0 bridgehead atoms. The van der Waals surface area contributed by atoms with Crippen LogP contribution in [0.3, 0.4) is 0 Å². The minimum atomic E-state index is -0.115. The second-order valence-electron chi connectivity index (χ2n) is 5.48. The molecule has 0 aromatic heterocycles. The molecule has 0 spiro atoms. The van der Waals surface area contributed by atoms with Crippen LogP contribution in [0.5, 0.6) is 0 Å². The molecular formula is C16H24N2O2. The van der Waals surface area contributed by atoms with Crippen molar-refractivity contribution in [3.63, 3.8) is 0 Å². The first-order valence-electron chi connectivity index (χ1n) is 7.37. The molecule has 4 nitrogen and oxygen atoms in total. The molecule has 1 aromatic carbocycles. The van der Waals surface area contributed by atoms with E-state index in [1.165, 1.54) is 5.56 Å². The number of benzene rings is 1. The van der Waals surface area contributed by atoms with Crippen LogP contribution >= 0.6 is 0 Å². The lowest BCUT2D eigenvalue weighted by molar-refractivity contribution is 0.111. The zero-order valence-electron chi connectivity index (χ0n) is 12.3. The van der Waals surface area contributed by atoms with E-state index in [9.17, 15) is 4.79 Å². The summed E-state index contributed by atoms with van der Waals surface area (Å²) in [6.07, 6.45) is 2.31. The summed E-state index contributed by atoms with van der Waals surface area (Å²) in [4.78, 5) is 11.9. The van der Waals surface area contributed by atoms with Gasteiger partial charge in [0.2, 0.25) is 0 Å². The maximum Gasteiger partial charge on any atom is 0.315 e. The van der Waals surface area contributed by atoms with E-state index >= 15 is 0 Å². The highest BCUT2D eigenvalue weighted by molar-refractivity contribution is 5.74. The van der Waals surface area contributed by atoms with Gasteiger partial charge in [0.05, 0.1) is 6.10 Å². The molecule has 4 heteroatoms. The van der Waals surface area contributed by atoms with Crippen molar-refractivity contribution in [1.82, 2.24) is 10.6 Å². The van der Waals surface area contributed by atoms with Gasteiger partial charge in [0.25, 0.3) is 0 Å². The van der Waals surface area contributed by atoms with Crippen LogP contribution in [-0.4, -0.2) is 31.3 Å². The molecule has 0 aliphatic carbocycles. The summed E-state index contributed by atoms with van der Waals surface area (Å²) in [5, 5.41) is 5.88. The molecule has 2 N–H and O–H groups in total. The fourth-order valence-electron chi connectivity index (χ4n) is 2.44. The highest BCUT2D eigenvalue weighted by Crippen LogP contribution is 2.18. The van der Waals surface area contributed by atoms with Gasteiger partial charge in [0.15, 0.2) is 0 Å². The highest BCUT2D eigenvalue weighted by Gasteiger charge is 2.19. The predicted molar refractivity (Wildman–Crippen MR) is 79.8 cm³/mol. The number of rotatable bonds is 5. The number of carbonyl (C=O) groups is 1. The van der Waals surface area contributed by atoms with Crippen molar-refractivity contribution < 1.29 is 9.53 Å². The Labute approximate surface area is 120 Å². The van der Waals surface area contributed by atoms with E-state index in [2.05, 4.69) is 29.7 Å². The third-order valence-electron chi connectivity index (χ3n) is 3.95. The van der Waals surface area contributed by atoms with Gasteiger partial charge in [-0.15, -0.1) is 0 Å². The van der Waals surface area contributed by atoms with Crippen molar-refractivity contribution in [3.8, 4) is 0 Å². The van der Waals surface area contributed by atoms with Crippen LogP contribution in [0.25, 0.3) is 0 Å². The third-order valence-corrected chi connectivity index (χ3v) is 3.95. The largest absolute Gasteiger partial charge is 0.376 e. The van der Waals surface area contributed by atoms with Gasteiger partial charge in [-0.3, -0.25) is 0 Å². The van der Waals surface area contributed by atoms with Crippen molar-refractivity contribution in [1.29, 1.82) is 0 Å². The lowest BCUT2D eigenvalue weighted by atomic mass is 9.95. The monoisotopic (exact) mass is 276 g/mol. The molecule has 1 aliphatic rings. The zero-order valence-corrected chi connectivity index (χ0v) is 12.3. The van der Waals surface area contributed by atoms with Gasteiger partial charge in [-0.25, -0.2) is 4.79 Å². The summed E-state index contributed by atoms with van der Waals surface area (Å²) in [5.74, 6) is 0.282. The van der Waals surface area contributed by atoms with Crippen molar-refractivity contribution in [2.75, 3.05) is 13.2 Å². The van der Waals surface area contributed by atoms with Gasteiger partial charge in [-0.1, -0.05) is 37.3 Å². The quantitative estimate of drug-likeness (QED) is 0.868. The molecule has 0 radical (unpaired) electrons. The maximum atomic E-state index is 11.9. The summed E-state index contributed by atoms with van der Waals surface area (Å²) in [6.45, 7) is 5.57. The van der Waals surface area contributed by atoms with E-state index < -0.39 is 0 Å². The third kappa shape index (κ3) is 4.23. The molecule has 0 saturated carbocycles. The van der Waals surface area contributed by atoms with Gasteiger partial charge in [-0.05, 0) is 25.3 Å². The van der Waals surface area contributed by atoms with Gasteiger partial charge in [-0.2, -0.15) is 0 Å². The number of hydrogen-bond acceptors (Lipinski definition) is 2. The topological polar surface area (TPSA) is 50.4 Å². The number of nitrogens with one attached hydrogen (secondary N) is 2. The number of amides is 2. The van der Waals surface area contributed by atoms with Crippen molar-refractivity contribution in [2.45, 2.75) is 44.8 Å². The lowest BCUT2D eigenvalue weighted by Gasteiger charge is -2.22. The molecular weight excluding hydrogens is 252 g/mol. The van der Waals surface area contributed by atoms with Gasteiger partial charge < -0.3 is 15.4 Å². The molecule has 1 fully saturated rings. The first-order valence-corrected chi connectivity index (χ1v) is 7.37. The van der Waals surface area contributed by atoms with E-state index in [0.29, 0.717) is 6.54 Å². The Bertz CT molecular complexity index is 416. The predicted octanol–water partition coefficient (Wildman–Crippen LogP) is 2.66. The number of urea groups is 1. The Kier molecular flexibility index (Phi) is 5.41. The van der Waals surface area contributed by atoms with Gasteiger partial charge in [0, 0.05) is 25.1 Å². The minimum Gasteiger partial charge on any atom is -0.376 e. The van der Waals surface area contributed by atoms with E-state index in [1.807, 2.05) is 25.1 Å². The van der Waals surface area contributed by atoms with Crippen LogP contribution in [-0.2, 0) is 4.74 Å². The Balaban J connectivity index is 1.75. The Morgan fingerprint density at radius 1 is 1.35 bits per heavy atom. The SMILES string of the molecule is CC(NC(=O)NCC1CCCO1)C(C)c1ccccc1. The standard InChI is InChI=1S/C16H24N2O2/c1-12(14-7-4-3-5-8-14)13(2)18-16(19)17-11-15-9-6-10-20-15/h3-5,7-8,12-13,15H,6,9-11H2,1-2H3,(H2,17,18,19). The van der Waals surface area contributed by atoms with E-state index in [1.54, 1.807) is 0 Å². The second-order valence-corrected chi connectivity index (χ2v) is 5.48. The number of hydrogen-bond donors (Lipinski definition) is 2. The summed E-state index contributed by atoms with van der Waals surface area (Å²) in [6, 6.07) is 10.2. The fraction of sp³-hybridized carbons (Fsp3) is 0.562. The average molecular weight is 276 g/mol. The van der Waals surface area contributed by atoms with E-state index in [4.69, 9.17) is 4.74 Å². The molecule has 3 atom stereocenters. The van der Waals surface area contributed by atoms with Crippen molar-refractivity contribution >= 4 is 6.03 Å². The van der Waals surface area contributed by atoms with Crippen LogP contribution < -0.4 is 10.6 Å². The van der Waals surface area contributed by atoms with E-state index in [0.717, 1.165) is 19.4 Å². The maximum absolute atomic E-state index is 11.9. The second kappa shape index (κ2) is 7.29. The van der Waals surface area contributed by atoms with Crippen molar-refractivity contribution in [2.24, 2.45) is 0 Å². The van der Waals surface area contributed by atoms with Crippen LogP contribution in [0.1, 0.15) is 38.2 Å². The van der Waals surface area contributed by atoms with Crippen molar-refractivity contribution in [3.05, 3.63) is 35.9 Å². The zero-order chi connectivity index (χ0) is 14.4. The normalized spacial score (nSPS) is 21.2. The van der Waals surface area contributed by atoms with Crippen LogP contribution in [0.15, 0.2) is 30.3 Å². The first-order chi connectivity index (χ1) is 9.66. The Morgan fingerprint density at radius 3 is 2.75 bits per heavy atom. The molecule has 110 valence electrons. The number of ether oxygens (including phenoxy) is 1. The summed E-state index contributed by atoms with van der Waals surface area (Å²) < 4.78 is 5.48.